The molecular weight excluding hydrogens is 220 g/mol. The van der Waals surface area contributed by atoms with Crippen LogP contribution in [0.15, 0.2) is 54.6 Å². The topological polar surface area (TPSA) is 38.0 Å². The van der Waals surface area contributed by atoms with Crippen LogP contribution in [0.3, 0.4) is 0 Å². The van der Waals surface area contributed by atoms with Crippen molar-refractivity contribution >= 4 is 5.69 Å². The molecule has 0 heterocycles. The zero-order valence-electron chi connectivity index (χ0n) is 10.6. The second kappa shape index (κ2) is 6.82. The molecule has 0 aliphatic heterocycles. The van der Waals surface area contributed by atoms with E-state index in [9.17, 15) is 0 Å². The predicted molar refractivity (Wildman–Crippen MR) is 77.6 cm³/mol. The molecule has 2 heteroatoms. The van der Waals surface area contributed by atoms with E-state index in [0.717, 1.165) is 25.1 Å². The van der Waals surface area contributed by atoms with Crippen molar-refractivity contribution in [3.63, 3.8) is 0 Å². The molecule has 2 aromatic rings. The quantitative estimate of drug-likeness (QED) is 0.761. The van der Waals surface area contributed by atoms with Crippen molar-refractivity contribution < 1.29 is 0 Å². The molecule has 18 heavy (non-hydrogen) atoms. The lowest BCUT2D eigenvalue weighted by atomic mass is 10.1. The summed E-state index contributed by atoms with van der Waals surface area (Å²) in [5.41, 5.74) is 9.35. The lowest BCUT2D eigenvalue weighted by molar-refractivity contribution is 0.862. The number of nitrogens with two attached hydrogens (primary N) is 1. The number of benzene rings is 2. The highest BCUT2D eigenvalue weighted by molar-refractivity contribution is 5.45. The molecule has 0 bridgehead atoms. The summed E-state index contributed by atoms with van der Waals surface area (Å²) in [6.45, 7) is 1.59. The first-order chi connectivity index (χ1) is 8.88. The molecule has 0 fully saturated rings. The van der Waals surface area contributed by atoms with Gasteiger partial charge in [-0.2, -0.15) is 0 Å². The van der Waals surface area contributed by atoms with Gasteiger partial charge in [0, 0.05) is 18.8 Å². The summed E-state index contributed by atoms with van der Waals surface area (Å²) in [6, 6.07) is 18.9. The first-order valence-electron chi connectivity index (χ1n) is 6.45. The molecule has 0 saturated heterocycles. The Morgan fingerprint density at radius 2 is 1.67 bits per heavy atom. The minimum absolute atomic E-state index is 0.597. The van der Waals surface area contributed by atoms with E-state index in [1.165, 1.54) is 11.1 Å². The van der Waals surface area contributed by atoms with Crippen molar-refractivity contribution in [1.82, 2.24) is 0 Å². The van der Waals surface area contributed by atoms with E-state index in [2.05, 4.69) is 53.8 Å². The Bertz CT molecular complexity index is 466. The average molecular weight is 240 g/mol. The van der Waals surface area contributed by atoms with Crippen molar-refractivity contribution in [2.45, 2.75) is 19.4 Å². The van der Waals surface area contributed by atoms with E-state index in [0.29, 0.717) is 6.54 Å². The zero-order valence-corrected chi connectivity index (χ0v) is 10.6. The van der Waals surface area contributed by atoms with Gasteiger partial charge in [-0.3, -0.25) is 0 Å². The monoisotopic (exact) mass is 240 g/mol. The smallest absolute Gasteiger partial charge is 0.0343 e. The molecule has 2 rings (SSSR count). The summed E-state index contributed by atoms with van der Waals surface area (Å²) in [4.78, 5) is 0. The fourth-order valence-electron chi connectivity index (χ4n) is 1.98. The molecule has 0 amide bonds. The summed E-state index contributed by atoms with van der Waals surface area (Å²) in [5, 5.41) is 3.43. The van der Waals surface area contributed by atoms with Crippen molar-refractivity contribution in [3.8, 4) is 0 Å². The lowest BCUT2D eigenvalue weighted by Crippen LogP contribution is -2.04. The van der Waals surface area contributed by atoms with E-state index in [4.69, 9.17) is 5.73 Å². The number of anilines is 1. The van der Waals surface area contributed by atoms with Crippen LogP contribution in [0.5, 0.6) is 0 Å². The molecule has 0 aromatic heterocycles. The highest BCUT2D eigenvalue weighted by atomic mass is 14.9. The second-order valence-corrected chi connectivity index (χ2v) is 4.42. The van der Waals surface area contributed by atoms with Gasteiger partial charge >= 0.3 is 0 Å². The van der Waals surface area contributed by atoms with Crippen LogP contribution in [-0.4, -0.2) is 6.54 Å². The lowest BCUT2D eigenvalue weighted by Gasteiger charge is -2.07. The normalized spacial score (nSPS) is 10.3. The number of hydrogen-bond acceptors (Lipinski definition) is 2. The van der Waals surface area contributed by atoms with Crippen LogP contribution in [0.4, 0.5) is 5.69 Å². The van der Waals surface area contributed by atoms with Gasteiger partial charge < -0.3 is 11.1 Å². The van der Waals surface area contributed by atoms with E-state index in [-0.39, 0.29) is 0 Å². The first kappa shape index (κ1) is 12.7. The maximum atomic E-state index is 5.62. The summed E-state index contributed by atoms with van der Waals surface area (Å²) in [6.07, 6.45) is 2.25. The van der Waals surface area contributed by atoms with Gasteiger partial charge in [0.15, 0.2) is 0 Å². The molecule has 0 atom stereocenters. The minimum Gasteiger partial charge on any atom is -0.385 e. The van der Waals surface area contributed by atoms with Crippen LogP contribution in [0.2, 0.25) is 0 Å². The van der Waals surface area contributed by atoms with E-state index in [1.54, 1.807) is 0 Å². The Balaban J connectivity index is 1.75. The van der Waals surface area contributed by atoms with Crippen molar-refractivity contribution in [3.05, 3.63) is 65.7 Å². The van der Waals surface area contributed by atoms with Crippen molar-refractivity contribution in [2.24, 2.45) is 5.73 Å². The summed E-state index contributed by atoms with van der Waals surface area (Å²) >= 11 is 0. The minimum atomic E-state index is 0.597. The zero-order chi connectivity index (χ0) is 12.6. The van der Waals surface area contributed by atoms with Crippen LogP contribution in [-0.2, 0) is 13.0 Å². The van der Waals surface area contributed by atoms with E-state index < -0.39 is 0 Å². The first-order valence-corrected chi connectivity index (χ1v) is 6.45. The van der Waals surface area contributed by atoms with Crippen LogP contribution in [0.1, 0.15) is 17.5 Å². The molecule has 94 valence electrons. The maximum absolute atomic E-state index is 5.62. The molecule has 2 aromatic carbocycles. The fourth-order valence-corrected chi connectivity index (χ4v) is 1.98. The standard InChI is InChI=1S/C16H20N2/c17-13-15-8-4-10-16(12-15)18-11-5-9-14-6-2-1-3-7-14/h1-4,6-8,10,12,18H,5,9,11,13,17H2. The third-order valence-corrected chi connectivity index (χ3v) is 2.98. The molecule has 2 nitrogen and oxygen atoms in total. The van der Waals surface area contributed by atoms with E-state index >= 15 is 0 Å². The second-order valence-electron chi connectivity index (χ2n) is 4.42. The largest absolute Gasteiger partial charge is 0.385 e. The highest BCUT2D eigenvalue weighted by Gasteiger charge is 1.95. The Morgan fingerprint density at radius 3 is 2.44 bits per heavy atom. The van der Waals surface area contributed by atoms with Gasteiger partial charge in [0.2, 0.25) is 0 Å². The molecular formula is C16H20N2. The summed E-state index contributed by atoms with van der Waals surface area (Å²) in [5.74, 6) is 0. The number of hydrogen-bond donors (Lipinski definition) is 2. The summed E-state index contributed by atoms with van der Waals surface area (Å²) in [7, 11) is 0. The van der Waals surface area contributed by atoms with Gasteiger partial charge in [-0.25, -0.2) is 0 Å². The molecule has 3 N–H and O–H groups in total. The molecule has 0 aliphatic rings. The molecule has 0 spiro atoms. The predicted octanol–water partition coefficient (Wildman–Crippen LogP) is 3.19. The fraction of sp³-hybridized carbons (Fsp3) is 0.250. The van der Waals surface area contributed by atoms with Crippen molar-refractivity contribution in [2.75, 3.05) is 11.9 Å². The van der Waals surface area contributed by atoms with E-state index in [1.807, 2.05) is 6.07 Å². The average Bonchev–Trinajstić information content (AvgIpc) is 2.45. The third kappa shape index (κ3) is 3.90. The Morgan fingerprint density at radius 1 is 0.889 bits per heavy atom. The van der Waals surface area contributed by atoms with Crippen LogP contribution in [0.25, 0.3) is 0 Å². The van der Waals surface area contributed by atoms with Crippen LogP contribution in [0, 0.1) is 0 Å². The Hall–Kier alpha value is -1.80. The molecule has 0 radical (unpaired) electrons. The van der Waals surface area contributed by atoms with Crippen molar-refractivity contribution in [1.29, 1.82) is 0 Å². The third-order valence-electron chi connectivity index (χ3n) is 2.98. The highest BCUT2D eigenvalue weighted by Crippen LogP contribution is 2.10. The van der Waals surface area contributed by atoms with Gasteiger partial charge in [-0.15, -0.1) is 0 Å². The SMILES string of the molecule is NCc1cccc(NCCCc2ccccc2)c1. The Labute approximate surface area is 109 Å². The molecule has 0 unspecified atom stereocenters. The summed E-state index contributed by atoms with van der Waals surface area (Å²) < 4.78 is 0. The van der Waals surface area contributed by atoms with Gasteiger partial charge in [-0.1, -0.05) is 42.5 Å². The molecule has 0 saturated carbocycles. The number of rotatable bonds is 6. The molecule has 0 aliphatic carbocycles. The van der Waals surface area contributed by atoms with Gasteiger partial charge in [0.1, 0.15) is 0 Å². The van der Waals surface area contributed by atoms with Crippen LogP contribution >= 0.6 is 0 Å². The number of aryl methyl sites for hydroxylation is 1. The maximum Gasteiger partial charge on any atom is 0.0343 e. The Kier molecular flexibility index (Phi) is 4.79. The van der Waals surface area contributed by atoms with Crippen LogP contribution < -0.4 is 11.1 Å². The van der Waals surface area contributed by atoms with Gasteiger partial charge in [0.05, 0.1) is 0 Å². The van der Waals surface area contributed by atoms with Gasteiger partial charge in [0.25, 0.3) is 0 Å². The number of nitrogens with one attached hydrogen (secondary N) is 1. The van der Waals surface area contributed by atoms with Gasteiger partial charge in [-0.05, 0) is 36.1 Å².